The van der Waals surface area contributed by atoms with Crippen LogP contribution in [-0.4, -0.2) is 0 Å². The molecule has 0 N–H and O–H groups in total. The summed E-state index contributed by atoms with van der Waals surface area (Å²) in [7, 11) is 0. The van der Waals surface area contributed by atoms with Crippen LogP contribution < -0.4 is 0 Å². The largest absolute Gasteiger partial charge is 0.0887 e. The Bertz CT molecular complexity index is 10400. The lowest BCUT2D eigenvalue weighted by molar-refractivity contribution is 1.34. The van der Waals surface area contributed by atoms with E-state index < -0.39 is 0 Å². The first-order valence-corrected chi connectivity index (χ1v) is 56.1. The molecule has 696 valence electrons. The topological polar surface area (TPSA) is 0 Å². The van der Waals surface area contributed by atoms with Gasteiger partial charge in [0.05, 0.1) is 0 Å². The molecule has 0 spiro atoms. The molecule has 6 aliphatic rings. The highest BCUT2D eigenvalue weighted by atomic mass is 32.2. The molecule has 27 aromatic carbocycles. The molecule has 0 saturated heterocycles. The van der Waals surface area contributed by atoms with Gasteiger partial charge in [0.15, 0.2) is 0 Å². The molecule has 0 atom stereocenters. The molecule has 0 fully saturated rings. The average molecular weight is 2010 g/mol. The van der Waals surface area contributed by atoms with Crippen molar-refractivity contribution in [3.8, 4) is 167 Å². The lowest BCUT2D eigenvalue weighted by Crippen LogP contribution is -1.99. The summed E-state index contributed by atoms with van der Waals surface area (Å²) in [5, 5.41) is 23.7. The van der Waals surface area contributed by atoms with E-state index >= 15 is 0 Å². The third-order valence-corrected chi connectivity index (χ3v) is 38.1. The van der Waals surface area contributed by atoms with Gasteiger partial charge in [-0.05, 0) is 329 Å². The van der Waals surface area contributed by atoms with Crippen LogP contribution in [0.2, 0.25) is 0 Å². The molecule has 0 saturated carbocycles. The Balaban J connectivity index is 0.000000101. The minimum Gasteiger partial charge on any atom is -0.0887 e. The summed E-state index contributed by atoms with van der Waals surface area (Å²) in [6, 6.07) is 189. The molecule has 0 aromatic heterocycles. The molecule has 0 nitrogen and oxygen atoms in total. The predicted octanol–water partition coefficient (Wildman–Crippen LogP) is 43.2. The van der Waals surface area contributed by atoms with Crippen LogP contribution >= 0.6 is 70.6 Å². The Morgan fingerprint density at radius 2 is 0.260 bits per heavy atom. The third-order valence-electron chi connectivity index (χ3n) is 31.4. The number of hydrogen-bond acceptors (Lipinski definition) is 6. The fourth-order valence-corrected chi connectivity index (χ4v) is 30.9. The zero-order valence-electron chi connectivity index (χ0n) is 80.9. The van der Waals surface area contributed by atoms with Crippen molar-refractivity contribution in [2.24, 2.45) is 0 Å². The minimum absolute atomic E-state index is 1.24. The molecule has 27 aromatic rings. The molecule has 6 heterocycles. The van der Waals surface area contributed by atoms with E-state index in [1.165, 1.54) is 323 Å². The van der Waals surface area contributed by atoms with Crippen molar-refractivity contribution in [2.45, 2.75) is 58.7 Å². The van der Waals surface area contributed by atoms with Gasteiger partial charge in [0.25, 0.3) is 0 Å². The van der Waals surface area contributed by atoms with E-state index in [1.54, 1.807) is 0 Å². The van der Waals surface area contributed by atoms with Crippen molar-refractivity contribution >= 4 is 168 Å². The Hall–Kier alpha value is -16.6. The van der Waals surface area contributed by atoms with Crippen molar-refractivity contribution in [1.82, 2.24) is 0 Å². The molecular formula is C144H84S6. The van der Waals surface area contributed by atoms with Gasteiger partial charge in [-0.1, -0.05) is 483 Å². The summed E-state index contributed by atoms with van der Waals surface area (Å²) in [5.41, 5.74) is 38.6. The summed E-state index contributed by atoms with van der Waals surface area (Å²) in [4.78, 5) is 16.0. The molecule has 6 aliphatic heterocycles. The van der Waals surface area contributed by atoms with Gasteiger partial charge in [-0.15, -0.1) is 0 Å². The van der Waals surface area contributed by atoms with E-state index in [-0.39, 0.29) is 0 Å². The second kappa shape index (κ2) is 35.6. The van der Waals surface area contributed by atoms with Crippen molar-refractivity contribution in [2.75, 3.05) is 0 Å². The van der Waals surface area contributed by atoms with E-state index in [0.29, 0.717) is 0 Å². The molecule has 0 bridgehead atoms. The van der Waals surface area contributed by atoms with Crippen LogP contribution in [0.25, 0.3) is 264 Å². The third kappa shape index (κ3) is 14.9. The van der Waals surface area contributed by atoms with Crippen LogP contribution in [-0.2, 0) is 0 Å². The summed E-state index contributed by atoms with van der Waals surface area (Å²) in [6.07, 6.45) is 0. The lowest BCUT2D eigenvalue weighted by atomic mass is 9.89. The zero-order valence-corrected chi connectivity index (χ0v) is 85.8. The minimum atomic E-state index is 1.24. The number of benzene rings is 27. The Morgan fingerprint density at radius 3 is 0.527 bits per heavy atom. The maximum atomic E-state index is 2.39. The van der Waals surface area contributed by atoms with Crippen LogP contribution in [0.4, 0.5) is 0 Å². The summed E-state index contributed by atoms with van der Waals surface area (Å²) in [5.74, 6) is 0. The first-order chi connectivity index (χ1) is 74.2. The maximum Gasteiger partial charge on any atom is 0.0208 e. The van der Waals surface area contributed by atoms with E-state index in [4.69, 9.17) is 0 Å². The zero-order chi connectivity index (χ0) is 98.3. The first kappa shape index (κ1) is 87.6. The second-order valence-electron chi connectivity index (χ2n) is 39.8. The number of fused-ring (bicyclic) bond motifs is 18. The fourth-order valence-electron chi connectivity index (χ4n) is 23.9. The summed E-state index contributed by atoms with van der Waals surface area (Å²) < 4.78 is 0. The fraction of sp³-hybridized carbons (Fsp3) is 0. The van der Waals surface area contributed by atoms with Gasteiger partial charge in [-0.3, -0.25) is 0 Å². The molecule has 0 radical (unpaired) electrons. The van der Waals surface area contributed by atoms with Gasteiger partial charge < -0.3 is 0 Å². The molecule has 150 heavy (non-hydrogen) atoms. The van der Waals surface area contributed by atoms with Gasteiger partial charge in [0.2, 0.25) is 0 Å². The Morgan fingerprint density at radius 1 is 0.0867 bits per heavy atom. The second-order valence-corrected chi connectivity index (χ2v) is 46.3. The normalized spacial score (nSPS) is 12.6. The standard InChI is InChI=1S/3C48H28S2/c1-3-7-33-25-35(15-13-29(33)5-1)31-9-11-32(12-10-31)37-17-19-39-41-21-22-42-40-20-18-38(36-16-14-30-6-2-4-8-34(30)26-36)28-46(40)50-44-24-23-43(47(41)48(42)44)49-45(39)27-37;1-2-8-33-26-34(17-14-29(33)6-1)36-19-21-40-42-23-22-41-39-20-18-35(27-45(39)49-43-24-25-44(48(42)47(41)43)50-46(40)28-36)30-12-15-32(16-13-30)38-11-5-9-31-7-3-4-10-37(31)38;1-2-8-33-26-34(17-16-29(33)6-1)30-12-14-31(15-13-30)35-18-20-39-41-22-23-42-40-21-19-36(38-11-5-9-32-7-3-4-10-37(32)38)28-46(40)50-44-25-24-43(47(41)48(42)44)49-45(39)27-35/h3*1-28H. The average Bonchev–Trinajstić information content (AvgIpc) is 0.718. The molecule has 0 amide bonds. The monoisotopic (exact) mass is 2000 g/mol. The molecule has 0 aliphatic carbocycles. The molecular weight excluding hydrogens is 1920 g/mol. The Kier molecular flexibility index (Phi) is 20.8. The highest BCUT2D eigenvalue weighted by Crippen LogP contribution is 2.62. The highest BCUT2D eigenvalue weighted by Gasteiger charge is 2.33. The smallest absolute Gasteiger partial charge is 0.0208 e. The quantitative estimate of drug-likeness (QED) is 0.140. The van der Waals surface area contributed by atoms with Crippen LogP contribution in [0.15, 0.2) is 568 Å². The van der Waals surface area contributed by atoms with Crippen molar-refractivity contribution in [3.63, 3.8) is 0 Å². The predicted molar refractivity (Wildman–Crippen MR) is 643 cm³/mol. The van der Waals surface area contributed by atoms with Gasteiger partial charge in [0, 0.05) is 91.1 Å². The van der Waals surface area contributed by atoms with E-state index in [9.17, 15) is 0 Å². The van der Waals surface area contributed by atoms with Crippen LogP contribution in [0.1, 0.15) is 0 Å². The molecule has 0 unspecified atom stereocenters. The number of rotatable bonds is 9. The Labute approximate surface area is 894 Å². The number of hydrogen-bond donors (Lipinski definition) is 0. The first-order valence-electron chi connectivity index (χ1n) is 51.2. The molecule has 33 rings (SSSR count). The van der Waals surface area contributed by atoms with E-state index in [2.05, 4.69) is 510 Å². The van der Waals surface area contributed by atoms with Crippen LogP contribution in [0.3, 0.4) is 0 Å². The van der Waals surface area contributed by atoms with E-state index in [0.717, 1.165) is 0 Å². The van der Waals surface area contributed by atoms with Crippen LogP contribution in [0.5, 0.6) is 0 Å². The van der Waals surface area contributed by atoms with Gasteiger partial charge >= 0.3 is 0 Å². The van der Waals surface area contributed by atoms with Gasteiger partial charge in [-0.2, -0.15) is 0 Å². The van der Waals surface area contributed by atoms with E-state index in [1.807, 2.05) is 70.6 Å². The summed E-state index contributed by atoms with van der Waals surface area (Å²) in [6.45, 7) is 0. The van der Waals surface area contributed by atoms with Gasteiger partial charge in [-0.25, -0.2) is 0 Å². The summed E-state index contributed by atoms with van der Waals surface area (Å²) >= 11 is 11.5. The van der Waals surface area contributed by atoms with Crippen LogP contribution in [0, 0.1) is 0 Å². The SMILES string of the molecule is c1ccc2cc(-c3ccc(-c4ccc5c(c4)Sc4ccc6c7c(ccc-5c47)-c4ccc(-c5ccc7ccccc7c5)cc4S6)cc3)ccc2c1.c1ccc2cc(-c3ccc(-c4ccc5c(c4)Sc4ccc6c7c(ccc-5c47)-c4ccc(-c5cccc7ccccc57)cc4S6)cc3)ccc2c1.c1ccc2cc(-c3ccc4c(c3)Sc3ccc5c6c(ccc-4c36)-c3ccc(-c4ccc(-c6cccc7ccccc67)cc4)cc3S5)ccc2c1. The highest BCUT2D eigenvalue weighted by molar-refractivity contribution is 8.01. The van der Waals surface area contributed by atoms with Crippen molar-refractivity contribution < 1.29 is 0 Å². The van der Waals surface area contributed by atoms with Crippen molar-refractivity contribution in [1.29, 1.82) is 0 Å². The maximum absolute atomic E-state index is 2.39. The molecule has 6 heteroatoms. The lowest BCUT2D eigenvalue weighted by Gasteiger charge is -2.27. The van der Waals surface area contributed by atoms with Crippen molar-refractivity contribution in [3.05, 3.63) is 510 Å². The van der Waals surface area contributed by atoms with Gasteiger partial charge in [0.1, 0.15) is 0 Å².